The molecule has 104 valence electrons. The molecule has 1 saturated carbocycles. The van der Waals surface area contributed by atoms with Crippen molar-refractivity contribution in [3.63, 3.8) is 0 Å². The SMILES string of the molecule is CC1(C(=O)NS(=O)(=O)c2c(Cl)cccc2Cl)CCC1. The number of amides is 1. The molecule has 1 aliphatic carbocycles. The average Bonchev–Trinajstić information content (AvgIpc) is 2.24. The van der Waals surface area contributed by atoms with Crippen LogP contribution in [0.15, 0.2) is 23.1 Å². The summed E-state index contributed by atoms with van der Waals surface area (Å²) >= 11 is 11.7. The van der Waals surface area contributed by atoms with Crippen LogP contribution in [0.25, 0.3) is 0 Å². The molecule has 0 spiro atoms. The fourth-order valence-corrected chi connectivity index (χ4v) is 4.22. The maximum absolute atomic E-state index is 12.2. The summed E-state index contributed by atoms with van der Waals surface area (Å²) in [5.41, 5.74) is -0.610. The molecule has 2 rings (SSSR count). The number of nitrogens with one attached hydrogen (secondary N) is 1. The molecule has 1 aliphatic rings. The predicted molar refractivity (Wildman–Crippen MR) is 73.7 cm³/mol. The summed E-state index contributed by atoms with van der Waals surface area (Å²) in [6, 6.07) is 4.37. The van der Waals surface area contributed by atoms with Gasteiger partial charge < -0.3 is 0 Å². The van der Waals surface area contributed by atoms with E-state index in [4.69, 9.17) is 23.2 Å². The molecule has 0 radical (unpaired) electrons. The standard InChI is InChI=1S/C12H13Cl2NO3S/c1-12(6-3-7-12)11(16)15-19(17,18)10-8(13)4-2-5-9(10)14/h2,4-5H,3,6-7H2,1H3,(H,15,16). The van der Waals surface area contributed by atoms with E-state index in [1.807, 2.05) is 0 Å². The van der Waals surface area contributed by atoms with Gasteiger partial charge in [-0.25, -0.2) is 13.1 Å². The highest BCUT2D eigenvalue weighted by Gasteiger charge is 2.41. The minimum atomic E-state index is -4.04. The Kier molecular flexibility index (Phi) is 3.82. The second-order valence-corrected chi connectivity index (χ2v) is 7.33. The second kappa shape index (κ2) is 4.96. The maximum Gasteiger partial charge on any atom is 0.267 e. The first-order chi connectivity index (χ1) is 8.76. The van der Waals surface area contributed by atoms with E-state index in [2.05, 4.69) is 4.72 Å². The molecule has 0 heterocycles. The zero-order chi connectivity index (χ0) is 14.3. The number of carbonyl (C=O) groups excluding carboxylic acids is 1. The van der Waals surface area contributed by atoms with Crippen LogP contribution in [0.5, 0.6) is 0 Å². The van der Waals surface area contributed by atoms with E-state index < -0.39 is 21.3 Å². The third kappa shape index (κ3) is 2.73. The smallest absolute Gasteiger partial charge is 0.267 e. The Hall–Kier alpha value is -0.780. The molecule has 1 fully saturated rings. The Balaban J connectivity index is 2.31. The number of benzene rings is 1. The molecule has 0 aliphatic heterocycles. The molecule has 1 N–H and O–H groups in total. The molecule has 0 atom stereocenters. The van der Waals surface area contributed by atoms with E-state index in [9.17, 15) is 13.2 Å². The van der Waals surface area contributed by atoms with Crippen molar-refractivity contribution < 1.29 is 13.2 Å². The van der Waals surface area contributed by atoms with Crippen molar-refractivity contribution in [2.75, 3.05) is 0 Å². The van der Waals surface area contributed by atoms with Crippen LogP contribution in [0.4, 0.5) is 0 Å². The monoisotopic (exact) mass is 321 g/mol. The Labute approximate surface area is 122 Å². The first-order valence-electron chi connectivity index (χ1n) is 5.77. The van der Waals surface area contributed by atoms with Crippen LogP contribution in [-0.4, -0.2) is 14.3 Å². The highest BCUT2D eigenvalue weighted by molar-refractivity contribution is 7.90. The average molecular weight is 322 g/mol. The van der Waals surface area contributed by atoms with Crippen LogP contribution in [0.1, 0.15) is 26.2 Å². The number of halogens is 2. The first-order valence-corrected chi connectivity index (χ1v) is 8.01. The molecule has 7 heteroatoms. The zero-order valence-corrected chi connectivity index (χ0v) is 12.6. The van der Waals surface area contributed by atoms with Gasteiger partial charge >= 0.3 is 0 Å². The minimum Gasteiger partial charge on any atom is -0.273 e. The molecule has 1 aromatic carbocycles. The van der Waals surface area contributed by atoms with E-state index in [1.165, 1.54) is 12.1 Å². The summed E-state index contributed by atoms with van der Waals surface area (Å²) in [6.07, 6.45) is 2.30. The Morgan fingerprint density at radius 3 is 2.21 bits per heavy atom. The lowest BCUT2D eigenvalue weighted by atomic mass is 9.70. The van der Waals surface area contributed by atoms with Crippen molar-refractivity contribution >= 4 is 39.1 Å². The lowest BCUT2D eigenvalue weighted by Crippen LogP contribution is -2.45. The molecule has 0 unspecified atom stereocenters. The molecular weight excluding hydrogens is 309 g/mol. The highest BCUT2D eigenvalue weighted by atomic mass is 35.5. The van der Waals surface area contributed by atoms with Gasteiger partial charge in [0.1, 0.15) is 4.90 Å². The minimum absolute atomic E-state index is 0.00781. The molecule has 0 saturated heterocycles. The number of sulfonamides is 1. The van der Waals surface area contributed by atoms with Gasteiger partial charge in [0.05, 0.1) is 10.0 Å². The highest BCUT2D eigenvalue weighted by Crippen LogP contribution is 2.41. The number of carbonyl (C=O) groups is 1. The lowest BCUT2D eigenvalue weighted by molar-refractivity contribution is -0.132. The van der Waals surface area contributed by atoms with Crippen LogP contribution in [0, 0.1) is 5.41 Å². The lowest BCUT2D eigenvalue weighted by Gasteiger charge is -2.36. The van der Waals surface area contributed by atoms with Gasteiger partial charge in [0.25, 0.3) is 10.0 Å². The largest absolute Gasteiger partial charge is 0.273 e. The van der Waals surface area contributed by atoms with Crippen molar-refractivity contribution in [2.24, 2.45) is 5.41 Å². The summed E-state index contributed by atoms with van der Waals surface area (Å²) in [4.78, 5) is 11.7. The Morgan fingerprint density at radius 2 is 1.79 bits per heavy atom. The van der Waals surface area contributed by atoms with Gasteiger partial charge in [0.2, 0.25) is 5.91 Å². The summed E-state index contributed by atoms with van der Waals surface area (Å²) in [6.45, 7) is 1.75. The number of rotatable bonds is 3. The number of hydrogen-bond donors (Lipinski definition) is 1. The topological polar surface area (TPSA) is 63.2 Å². The molecule has 4 nitrogen and oxygen atoms in total. The quantitative estimate of drug-likeness (QED) is 0.930. The predicted octanol–water partition coefficient (Wildman–Crippen LogP) is 2.99. The van der Waals surface area contributed by atoms with Gasteiger partial charge in [-0.1, -0.05) is 42.6 Å². The molecule has 0 bridgehead atoms. The van der Waals surface area contributed by atoms with Crippen molar-refractivity contribution in [3.05, 3.63) is 28.2 Å². The van der Waals surface area contributed by atoms with E-state index in [0.717, 1.165) is 6.42 Å². The van der Waals surface area contributed by atoms with Crippen LogP contribution in [-0.2, 0) is 14.8 Å². The van der Waals surface area contributed by atoms with Crippen LogP contribution >= 0.6 is 23.2 Å². The molecular formula is C12H13Cl2NO3S. The van der Waals surface area contributed by atoms with Crippen LogP contribution < -0.4 is 4.72 Å². The summed E-state index contributed by atoms with van der Waals surface area (Å²) in [5, 5.41) is -0.0156. The normalized spacial score (nSPS) is 17.6. The van der Waals surface area contributed by atoms with Crippen molar-refractivity contribution in [2.45, 2.75) is 31.1 Å². The van der Waals surface area contributed by atoms with Crippen molar-refractivity contribution in [1.29, 1.82) is 0 Å². The zero-order valence-electron chi connectivity index (χ0n) is 10.2. The van der Waals surface area contributed by atoms with Gasteiger partial charge in [0, 0.05) is 5.41 Å². The van der Waals surface area contributed by atoms with Gasteiger partial charge in [0.15, 0.2) is 0 Å². The summed E-state index contributed by atoms with van der Waals surface area (Å²) < 4.78 is 26.4. The second-order valence-electron chi connectivity index (χ2n) is 4.90. The van der Waals surface area contributed by atoms with E-state index in [-0.39, 0.29) is 14.9 Å². The van der Waals surface area contributed by atoms with Crippen LogP contribution in [0.2, 0.25) is 10.0 Å². The van der Waals surface area contributed by atoms with E-state index in [0.29, 0.717) is 12.8 Å². The van der Waals surface area contributed by atoms with E-state index in [1.54, 1.807) is 13.0 Å². The van der Waals surface area contributed by atoms with Crippen molar-refractivity contribution in [1.82, 2.24) is 4.72 Å². The molecule has 19 heavy (non-hydrogen) atoms. The van der Waals surface area contributed by atoms with Crippen LogP contribution in [0.3, 0.4) is 0 Å². The summed E-state index contributed by atoms with van der Waals surface area (Å²) in [5.74, 6) is -0.505. The molecule has 0 aromatic heterocycles. The van der Waals surface area contributed by atoms with Crippen molar-refractivity contribution in [3.8, 4) is 0 Å². The van der Waals surface area contributed by atoms with Gasteiger partial charge in [-0.05, 0) is 25.0 Å². The summed E-state index contributed by atoms with van der Waals surface area (Å²) in [7, 11) is -4.04. The fourth-order valence-electron chi connectivity index (χ4n) is 1.97. The maximum atomic E-state index is 12.2. The van der Waals surface area contributed by atoms with Gasteiger partial charge in [-0.15, -0.1) is 0 Å². The fraction of sp³-hybridized carbons (Fsp3) is 0.417. The molecule has 1 aromatic rings. The Bertz CT molecular complexity index is 604. The third-order valence-electron chi connectivity index (χ3n) is 3.42. The molecule has 1 amide bonds. The van der Waals surface area contributed by atoms with E-state index >= 15 is 0 Å². The van der Waals surface area contributed by atoms with Gasteiger partial charge in [-0.2, -0.15) is 0 Å². The Morgan fingerprint density at radius 1 is 1.26 bits per heavy atom. The first kappa shape index (κ1) is 14.6. The van der Waals surface area contributed by atoms with Gasteiger partial charge in [-0.3, -0.25) is 4.79 Å². The number of hydrogen-bond acceptors (Lipinski definition) is 3. The third-order valence-corrected chi connectivity index (χ3v) is 5.71.